The predicted molar refractivity (Wildman–Crippen MR) is 96.5 cm³/mol. The quantitative estimate of drug-likeness (QED) is 0.874. The Morgan fingerprint density at radius 1 is 1.08 bits per heavy atom. The molecule has 134 valence electrons. The van der Waals surface area contributed by atoms with Gasteiger partial charge in [-0.1, -0.05) is 45.0 Å². The number of rotatable bonds is 5. The molecule has 1 N–H and O–H groups in total. The van der Waals surface area contributed by atoms with E-state index < -0.39 is 11.6 Å². The number of nitrogens with one attached hydrogen (secondary N) is 1. The fourth-order valence-corrected chi connectivity index (χ4v) is 2.50. The molecule has 0 unspecified atom stereocenters. The molecule has 3 nitrogen and oxygen atoms in total. The van der Waals surface area contributed by atoms with Crippen molar-refractivity contribution in [3.05, 3.63) is 65.2 Å². The van der Waals surface area contributed by atoms with Crippen molar-refractivity contribution in [3.8, 4) is 0 Å². The molecule has 5 heteroatoms. The van der Waals surface area contributed by atoms with Crippen molar-refractivity contribution in [1.82, 2.24) is 4.90 Å². The van der Waals surface area contributed by atoms with Gasteiger partial charge in [-0.05, 0) is 35.7 Å². The molecule has 0 bridgehead atoms. The van der Waals surface area contributed by atoms with Crippen molar-refractivity contribution in [2.75, 3.05) is 18.9 Å². The van der Waals surface area contributed by atoms with Crippen LogP contribution in [0.5, 0.6) is 0 Å². The van der Waals surface area contributed by atoms with Gasteiger partial charge in [0.1, 0.15) is 11.6 Å². The van der Waals surface area contributed by atoms with Crippen molar-refractivity contribution in [2.24, 2.45) is 0 Å². The van der Waals surface area contributed by atoms with E-state index >= 15 is 0 Å². The Balaban J connectivity index is 1.91. The average molecular weight is 346 g/mol. The lowest BCUT2D eigenvalue weighted by molar-refractivity contribution is -0.117. The van der Waals surface area contributed by atoms with Gasteiger partial charge in [-0.3, -0.25) is 9.69 Å². The minimum atomic E-state index is -0.784. The van der Waals surface area contributed by atoms with Crippen molar-refractivity contribution in [3.63, 3.8) is 0 Å². The van der Waals surface area contributed by atoms with Crippen molar-refractivity contribution >= 4 is 11.6 Å². The van der Waals surface area contributed by atoms with E-state index in [1.165, 1.54) is 11.6 Å². The van der Waals surface area contributed by atoms with E-state index in [0.29, 0.717) is 6.54 Å². The summed E-state index contributed by atoms with van der Waals surface area (Å²) in [6.45, 7) is 7.19. The van der Waals surface area contributed by atoms with E-state index in [9.17, 15) is 13.6 Å². The summed E-state index contributed by atoms with van der Waals surface area (Å²) in [6.07, 6.45) is 0. The second-order valence-electron chi connectivity index (χ2n) is 7.29. The first-order valence-corrected chi connectivity index (χ1v) is 8.18. The summed E-state index contributed by atoms with van der Waals surface area (Å²) < 4.78 is 26.4. The number of anilines is 1. The molecule has 0 saturated carbocycles. The number of benzene rings is 2. The Kier molecular flexibility index (Phi) is 5.90. The molecule has 0 spiro atoms. The number of hydrogen-bond donors (Lipinski definition) is 1. The van der Waals surface area contributed by atoms with Gasteiger partial charge in [0, 0.05) is 12.6 Å². The summed E-state index contributed by atoms with van der Waals surface area (Å²) in [4.78, 5) is 13.9. The normalized spacial score (nSPS) is 11.6. The van der Waals surface area contributed by atoms with Gasteiger partial charge >= 0.3 is 0 Å². The maximum absolute atomic E-state index is 13.6. The van der Waals surface area contributed by atoms with Crippen LogP contribution >= 0.6 is 0 Å². The smallest absolute Gasteiger partial charge is 0.238 e. The highest BCUT2D eigenvalue weighted by Crippen LogP contribution is 2.22. The second kappa shape index (κ2) is 7.74. The predicted octanol–water partition coefficient (Wildman–Crippen LogP) is 4.33. The largest absolute Gasteiger partial charge is 0.322 e. The Bertz CT molecular complexity index is 736. The van der Waals surface area contributed by atoms with Crippen LogP contribution in [0.25, 0.3) is 0 Å². The zero-order valence-electron chi connectivity index (χ0n) is 15.1. The van der Waals surface area contributed by atoms with Crippen LogP contribution in [0, 0.1) is 11.6 Å². The molecule has 2 rings (SSSR count). The number of amides is 1. The maximum atomic E-state index is 13.6. The van der Waals surface area contributed by atoms with Crippen LogP contribution in [0.1, 0.15) is 31.9 Å². The highest BCUT2D eigenvalue weighted by Gasteiger charge is 2.14. The summed E-state index contributed by atoms with van der Waals surface area (Å²) in [5.41, 5.74) is 2.43. The van der Waals surface area contributed by atoms with Gasteiger partial charge in [0.25, 0.3) is 0 Å². The molecule has 1 amide bonds. The van der Waals surface area contributed by atoms with Gasteiger partial charge in [-0.15, -0.1) is 0 Å². The monoisotopic (exact) mass is 346 g/mol. The molecule has 0 heterocycles. The van der Waals surface area contributed by atoms with Gasteiger partial charge < -0.3 is 5.32 Å². The molecule has 2 aromatic rings. The van der Waals surface area contributed by atoms with Crippen molar-refractivity contribution in [2.45, 2.75) is 32.7 Å². The molecule has 0 saturated heterocycles. The molecule has 0 aliphatic heterocycles. The number of nitrogens with zero attached hydrogens (tertiary/aromatic N) is 1. The minimum absolute atomic E-state index is 0.0191. The van der Waals surface area contributed by atoms with Crippen LogP contribution in [0.15, 0.2) is 42.5 Å². The van der Waals surface area contributed by atoms with Crippen LogP contribution in [0.3, 0.4) is 0 Å². The highest BCUT2D eigenvalue weighted by atomic mass is 19.1. The third-order valence-electron chi connectivity index (χ3n) is 3.89. The molecule has 0 atom stereocenters. The molecule has 0 radical (unpaired) electrons. The van der Waals surface area contributed by atoms with Gasteiger partial charge in [0.05, 0.1) is 12.2 Å². The number of carbonyl (C=O) groups is 1. The van der Waals surface area contributed by atoms with E-state index in [-0.39, 0.29) is 23.6 Å². The zero-order chi connectivity index (χ0) is 18.6. The lowest BCUT2D eigenvalue weighted by Gasteiger charge is -2.20. The average Bonchev–Trinajstić information content (AvgIpc) is 2.49. The molecule has 0 fully saturated rings. The lowest BCUT2D eigenvalue weighted by atomic mass is 9.87. The van der Waals surface area contributed by atoms with Gasteiger partial charge in [-0.25, -0.2) is 8.78 Å². The number of hydrogen-bond acceptors (Lipinski definition) is 2. The molecule has 2 aromatic carbocycles. The summed E-state index contributed by atoms with van der Waals surface area (Å²) in [5, 5.41) is 2.46. The Hall–Kier alpha value is -2.27. The summed E-state index contributed by atoms with van der Waals surface area (Å²) >= 11 is 0. The Labute approximate surface area is 147 Å². The molecular formula is C20H24F2N2O. The fraction of sp³-hybridized carbons (Fsp3) is 0.350. The van der Waals surface area contributed by atoms with E-state index in [0.717, 1.165) is 17.7 Å². The van der Waals surface area contributed by atoms with Crippen LogP contribution in [-0.2, 0) is 16.8 Å². The van der Waals surface area contributed by atoms with Gasteiger partial charge in [0.2, 0.25) is 5.91 Å². The standard InChI is InChI=1S/C20H24F2N2O/c1-20(2,3)15-7-5-14(6-8-15)12-24(4)13-19(25)23-18-10-9-16(21)11-17(18)22/h5-11H,12-13H2,1-4H3,(H,23,25). The van der Waals surface area contributed by atoms with E-state index in [2.05, 4.69) is 50.4 Å². The number of likely N-dealkylation sites (N-methyl/N-ethyl adjacent to an activating group) is 1. The van der Waals surface area contributed by atoms with E-state index in [4.69, 9.17) is 0 Å². The lowest BCUT2D eigenvalue weighted by Crippen LogP contribution is -2.30. The Morgan fingerprint density at radius 2 is 1.72 bits per heavy atom. The molecule has 0 aliphatic rings. The first-order valence-electron chi connectivity index (χ1n) is 8.18. The molecule has 0 aliphatic carbocycles. The van der Waals surface area contributed by atoms with E-state index in [1.807, 2.05) is 11.9 Å². The number of halogens is 2. The molecular weight excluding hydrogens is 322 g/mol. The van der Waals surface area contributed by atoms with E-state index in [1.54, 1.807) is 0 Å². The first-order chi connectivity index (χ1) is 11.6. The molecule has 25 heavy (non-hydrogen) atoms. The van der Waals surface area contributed by atoms with Crippen LogP contribution in [0.4, 0.5) is 14.5 Å². The summed E-state index contributed by atoms with van der Waals surface area (Å²) in [6, 6.07) is 11.4. The SMILES string of the molecule is CN(CC(=O)Nc1ccc(F)cc1F)Cc1ccc(C(C)(C)C)cc1. The zero-order valence-corrected chi connectivity index (χ0v) is 15.1. The van der Waals surface area contributed by atoms with Crippen molar-refractivity contribution < 1.29 is 13.6 Å². The summed E-state index contributed by atoms with van der Waals surface area (Å²) in [7, 11) is 1.82. The Morgan fingerprint density at radius 3 is 2.28 bits per heavy atom. The van der Waals surface area contributed by atoms with Gasteiger partial charge in [0.15, 0.2) is 0 Å². The fourth-order valence-electron chi connectivity index (χ4n) is 2.50. The van der Waals surface area contributed by atoms with Crippen LogP contribution in [-0.4, -0.2) is 24.4 Å². The number of carbonyl (C=O) groups excluding carboxylic acids is 1. The topological polar surface area (TPSA) is 32.3 Å². The first kappa shape index (κ1) is 19.1. The van der Waals surface area contributed by atoms with Crippen LogP contribution < -0.4 is 5.32 Å². The van der Waals surface area contributed by atoms with Crippen molar-refractivity contribution in [1.29, 1.82) is 0 Å². The third-order valence-corrected chi connectivity index (χ3v) is 3.89. The van der Waals surface area contributed by atoms with Gasteiger partial charge in [-0.2, -0.15) is 0 Å². The maximum Gasteiger partial charge on any atom is 0.238 e. The second-order valence-corrected chi connectivity index (χ2v) is 7.29. The van der Waals surface area contributed by atoms with Crippen LogP contribution in [0.2, 0.25) is 0 Å². The highest BCUT2D eigenvalue weighted by molar-refractivity contribution is 5.92. The summed E-state index contributed by atoms with van der Waals surface area (Å²) in [5.74, 6) is -1.81. The molecule has 0 aromatic heterocycles. The minimum Gasteiger partial charge on any atom is -0.322 e. The third kappa shape index (κ3) is 5.64.